The summed E-state index contributed by atoms with van der Waals surface area (Å²) in [5, 5.41) is 0. The fourth-order valence-electron chi connectivity index (χ4n) is 3.51. The molecule has 2 heterocycles. The largest absolute Gasteiger partial charge is 0.495 e. The Bertz CT molecular complexity index is 1300. The molecule has 3 N–H and O–H groups in total. The highest BCUT2D eigenvalue weighted by atomic mass is 16.5. The van der Waals surface area contributed by atoms with Gasteiger partial charge in [0.2, 0.25) is 5.75 Å². The van der Waals surface area contributed by atoms with Crippen LogP contribution >= 0.6 is 0 Å². The molecule has 0 radical (unpaired) electrons. The first-order valence-electron chi connectivity index (χ1n) is 9.35. The van der Waals surface area contributed by atoms with Crippen LogP contribution in [0.5, 0.6) is 23.0 Å². The number of hydrogen-bond acceptors (Lipinski definition) is 7. The number of rotatable bonds is 6. The van der Waals surface area contributed by atoms with Crippen molar-refractivity contribution in [2.75, 3.05) is 34.2 Å². The van der Waals surface area contributed by atoms with Gasteiger partial charge in [-0.3, -0.25) is 9.55 Å². The molecule has 31 heavy (non-hydrogen) atoms. The Hall–Kier alpha value is -4.14. The number of H-pyrrole nitrogens is 1. The first-order valence-corrected chi connectivity index (χ1v) is 9.35. The van der Waals surface area contributed by atoms with Crippen LogP contribution in [-0.2, 0) is 0 Å². The number of nitrogens with two attached hydrogens (primary N) is 1. The standard InChI is InChI=1S/C22H22N4O5/c1-28-18-6-5-12(7-14(18)23)15-10-17-16(11-24-15)25-22(27)26(17)13-8-19(29-2)21(31-4)20(9-13)30-3/h5-11H,23H2,1-4H3,(H,25,27). The van der Waals surface area contributed by atoms with Crippen molar-refractivity contribution in [1.82, 2.24) is 14.5 Å². The number of methoxy groups -OCH3 is 4. The lowest BCUT2D eigenvalue weighted by Gasteiger charge is -2.14. The van der Waals surface area contributed by atoms with Gasteiger partial charge in [0, 0.05) is 17.7 Å². The van der Waals surface area contributed by atoms with Crippen LogP contribution in [0, 0.1) is 0 Å². The average Bonchev–Trinajstić information content (AvgIpc) is 3.12. The number of pyridine rings is 1. The highest BCUT2D eigenvalue weighted by Gasteiger charge is 2.18. The van der Waals surface area contributed by atoms with Crippen LogP contribution in [-0.4, -0.2) is 43.0 Å². The predicted octanol–water partition coefficient (Wildman–Crippen LogP) is 3.00. The molecule has 0 aliphatic heterocycles. The number of nitrogens with zero attached hydrogens (tertiary/aromatic N) is 2. The van der Waals surface area contributed by atoms with Gasteiger partial charge in [-0.2, -0.15) is 0 Å². The normalized spacial score (nSPS) is 10.8. The number of imidazole rings is 1. The Labute approximate surface area is 178 Å². The number of aromatic amines is 1. The Kier molecular flexibility index (Phi) is 5.16. The van der Waals surface area contributed by atoms with Crippen molar-refractivity contribution in [3.63, 3.8) is 0 Å². The van der Waals surface area contributed by atoms with Crippen molar-refractivity contribution in [1.29, 1.82) is 0 Å². The van der Waals surface area contributed by atoms with E-state index in [1.54, 1.807) is 37.6 Å². The fourth-order valence-corrected chi connectivity index (χ4v) is 3.51. The van der Waals surface area contributed by atoms with Gasteiger partial charge in [0.05, 0.1) is 62.7 Å². The molecule has 160 valence electrons. The van der Waals surface area contributed by atoms with E-state index in [4.69, 9.17) is 24.7 Å². The van der Waals surface area contributed by atoms with Gasteiger partial charge < -0.3 is 29.7 Å². The molecule has 2 aromatic heterocycles. The zero-order valence-electron chi connectivity index (χ0n) is 17.6. The third-order valence-corrected chi connectivity index (χ3v) is 5.00. The molecule has 0 fully saturated rings. The maximum atomic E-state index is 12.8. The van der Waals surface area contributed by atoms with E-state index in [0.717, 1.165) is 5.56 Å². The molecule has 0 saturated heterocycles. The number of ether oxygens (including phenoxy) is 4. The second kappa shape index (κ2) is 7.94. The van der Waals surface area contributed by atoms with Gasteiger partial charge in [0.25, 0.3) is 0 Å². The summed E-state index contributed by atoms with van der Waals surface area (Å²) >= 11 is 0. The van der Waals surface area contributed by atoms with Gasteiger partial charge in [0.1, 0.15) is 5.75 Å². The molecule has 4 rings (SSSR count). The molecular weight excluding hydrogens is 400 g/mol. The number of hydrogen-bond donors (Lipinski definition) is 2. The van der Waals surface area contributed by atoms with Crippen LogP contribution in [0.15, 0.2) is 47.4 Å². The number of nitrogens with one attached hydrogen (secondary N) is 1. The summed E-state index contributed by atoms with van der Waals surface area (Å²) in [6.07, 6.45) is 1.61. The summed E-state index contributed by atoms with van der Waals surface area (Å²) in [6.45, 7) is 0. The molecular formula is C22H22N4O5. The van der Waals surface area contributed by atoms with E-state index < -0.39 is 0 Å². The van der Waals surface area contributed by atoms with Crippen molar-refractivity contribution in [2.45, 2.75) is 0 Å². The number of aromatic nitrogens is 3. The van der Waals surface area contributed by atoms with Crippen molar-refractivity contribution >= 4 is 16.7 Å². The Balaban J connectivity index is 1.92. The lowest BCUT2D eigenvalue weighted by Crippen LogP contribution is -2.15. The van der Waals surface area contributed by atoms with Crippen molar-refractivity contribution < 1.29 is 18.9 Å². The molecule has 0 aliphatic carbocycles. The van der Waals surface area contributed by atoms with E-state index in [1.807, 2.05) is 12.1 Å². The minimum Gasteiger partial charge on any atom is -0.495 e. The topological polar surface area (TPSA) is 114 Å². The van der Waals surface area contributed by atoms with Gasteiger partial charge in [-0.05, 0) is 24.3 Å². The van der Waals surface area contributed by atoms with Gasteiger partial charge in [-0.1, -0.05) is 0 Å². The summed E-state index contributed by atoms with van der Waals surface area (Å²) in [7, 11) is 6.13. The minimum absolute atomic E-state index is 0.322. The SMILES string of the molecule is COc1ccc(-c2cc3c(cn2)[nH]c(=O)n3-c2cc(OC)c(OC)c(OC)c2)cc1N. The smallest absolute Gasteiger partial charge is 0.331 e. The van der Waals surface area contributed by atoms with Crippen molar-refractivity contribution in [3.8, 4) is 39.9 Å². The van der Waals surface area contributed by atoms with Crippen LogP contribution in [0.1, 0.15) is 0 Å². The van der Waals surface area contributed by atoms with Gasteiger partial charge >= 0.3 is 5.69 Å². The maximum Gasteiger partial charge on any atom is 0.331 e. The van der Waals surface area contributed by atoms with Crippen molar-refractivity contribution in [3.05, 3.63) is 53.1 Å². The molecule has 0 amide bonds. The summed E-state index contributed by atoms with van der Waals surface area (Å²) in [6, 6.07) is 10.7. The van der Waals surface area contributed by atoms with Crippen LogP contribution in [0.2, 0.25) is 0 Å². The molecule has 4 aromatic rings. The quantitative estimate of drug-likeness (QED) is 0.459. The minimum atomic E-state index is -0.322. The Morgan fingerprint density at radius 1 is 0.903 bits per heavy atom. The van der Waals surface area contributed by atoms with E-state index in [9.17, 15) is 4.79 Å². The van der Waals surface area contributed by atoms with Gasteiger partial charge in [0.15, 0.2) is 11.5 Å². The molecule has 0 atom stereocenters. The maximum absolute atomic E-state index is 12.8. The van der Waals surface area contributed by atoms with E-state index in [-0.39, 0.29) is 5.69 Å². The highest BCUT2D eigenvalue weighted by molar-refractivity contribution is 5.82. The van der Waals surface area contributed by atoms with E-state index >= 15 is 0 Å². The van der Waals surface area contributed by atoms with Gasteiger partial charge in [-0.15, -0.1) is 0 Å². The number of benzene rings is 2. The molecule has 0 aliphatic rings. The molecule has 2 aromatic carbocycles. The third-order valence-electron chi connectivity index (χ3n) is 5.00. The summed E-state index contributed by atoms with van der Waals surface area (Å²) in [5.41, 5.74) is 9.45. The zero-order valence-corrected chi connectivity index (χ0v) is 17.6. The highest BCUT2D eigenvalue weighted by Crippen LogP contribution is 2.39. The number of fused-ring (bicyclic) bond motifs is 1. The van der Waals surface area contributed by atoms with Gasteiger partial charge in [-0.25, -0.2) is 4.79 Å². The van der Waals surface area contributed by atoms with Crippen LogP contribution in [0.25, 0.3) is 28.0 Å². The Morgan fingerprint density at radius 2 is 1.58 bits per heavy atom. The van der Waals surface area contributed by atoms with Crippen molar-refractivity contribution in [2.24, 2.45) is 0 Å². The third kappa shape index (κ3) is 3.39. The monoisotopic (exact) mass is 422 g/mol. The molecule has 9 heteroatoms. The summed E-state index contributed by atoms with van der Waals surface area (Å²) in [4.78, 5) is 20.1. The van der Waals surface area contributed by atoms with Crippen LogP contribution in [0.4, 0.5) is 5.69 Å². The molecule has 0 unspecified atom stereocenters. The molecule has 0 spiro atoms. The Morgan fingerprint density at radius 3 is 2.16 bits per heavy atom. The fraction of sp³-hybridized carbons (Fsp3) is 0.182. The first kappa shape index (κ1) is 20.1. The predicted molar refractivity (Wildman–Crippen MR) is 118 cm³/mol. The summed E-state index contributed by atoms with van der Waals surface area (Å²) in [5.74, 6) is 1.91. The zero-order chi connectivity index (χ0) is 22.1. The van der Waals surface area contributed by atoms with E-state index in [1.165, 1.54) is 25.9 Å². The molecule has 0 bridgehead atoms. The summed E-state index contributed by atoms with van der Waals surface area (Å²) < 4.78 is 23.0. The van der Waals surface area contributed by atoms with Crippen LogP contribution < -0.4 is 30.4 Å². The second-order valence-corrected chi connectivity index (χ2v) is 6.69. The first-order chi connectivity index (χ1) is 15.0. The number of anilines is 1. The second-order valence-electron chi connectivity index (χ2n) is 6.69. The molecule has 0 saturated carbocycles. The number of nitrogen functional groups attached to an aromatic ring is 1. The lowest BCUT2D eigenvalue weighted by atomic mass is 10.1. The van der Waals surface area contributed by atoms with E-state index in [0.29, 0.717) is 51.1 Å². The van der Waals surface area contributed by atoms with E-state index in [2.05, 4.69) is 9.97 Å². The lowest BCUT2D eigenvalue weighted by molar-refractivity contribution is 0.324. The van der Waals surface area contributed by atoms with Crippen LogP contribution in [0.3, 0.4) is 0 Å². The average molecular weight is 422 g/mol. The molecule has 9 nitrogen and oxygen atoms in total.